The number of carboxylic acid groups (broad SMARTS) is 1. The normalized spacial score (nSPS) is 24.8. The van der Waals surface area contributed by atoms with Crippen molar-refractivity contribution >= 4 is 11.9 Å². The van der Waals surface area contributed by atoms with E-state index in [-0.39, 0.29) is 17.6 Å². The van der Waals surface area contributed by atoms with Crippen LogP contribution in [0.2, 0.25) is 0 Å². The molecular formula is C16H21F3N4O4. The predicted octanol–water partition coefficient (Wildman–Crippen LogP) is 1.14. The minimum atomic E-state index is -5.08. The number of aromatic nitrogens is 2. The monoisotopic (exact) mass is 390 g/mol. The van der Waals surface area contributed by atoms with Crippen LogP contribution < -0.4 is 10.6 Å². The Morgan fingerprint density at radius 2 is 2.11 bits per heavy atom. The van der Waals surface area contributed by atoms with Gasteiger partial charge in [0.25, 0.3) is 5.91 Å². The third-order valence-electron chi connectivity index (χ3n) is 4.36. The molecular weight excluding hydrogens is 369 g/mol. The largest absolute Gasteiger partial charge is 0.490 e. The molecule has 11 heteroatoms. The van der Waals surface area contributed by atoms with E-state index < -0.39 is 12.1 Å². The number of ether oxygens (including phenoxy) is 1. The lowest BCUT2D eigenvalue weighted by Crippen LogP contribution is -2.46. The Kier molecular flexibility index (Phi) is 7.08. The van der Waals surface area contributed by atoms with E-state index in [1.165, 1.54) is 18.8 Å². The molecule has 1 aromatic rings. The molecule has 1 aromatic heterocycles. The Morgan fingerprint density at radius 1 is 1.37 bits per heavy atom. The molecule has 0 bridgehead atoms. The topological polar surface area (TPSA) is 113 Å². The molecule has 0 saturated carbocycles. The average molecular weight is 390 g/mol. The first-order valence-electron chi connectivity index (χ1n) is 8.45. The van der Waals surface area contributed by atoms with Crippen molar-refractivity contribution in [2.75, 3.05) is 19.6 Å². The summed E-state index contributed by atoms with van der Waals surface area (Å²) in [7, 11) is 0. The van der Waals surface area contributed by atoms with E-state index in [0.29, 0.717) is 12.1 Å². The maximum atomic E-state index is 12.0. The lowest BCUT2D eigenvalue weighted by molar-refractivity contribution is -0.192. The summed E-state index contributed by atoms with van der Waals surface area (Å²) < 4.78 is 38.0. The van der Waals surface area contributed by atoms with Gasteiger partial charge in [-0.15, -0.1) is 0 Å². The first-order valence-corrected chi connectivity index (χ1v) is 8.45. The van der Waals surface area contributed by atoms with Crippen molar-refractivity contribution in [3.63, 3.8) is 0 Å². The third-order valence-corrected chi connectivity index (χ3v) is 4.36. The zero-order chi connectivity index (χ0) is 19.9. The van der Waals surface area contributed by atoms with E-state index in [1.807, 2.05) is 0 Å². The van der Waals surface area contributed by atoms with E-state index in [9.17, 15) is 18.0 Å². The van der Waals surface area contributed by atoms with Crippen molar-refractivity contribution < 1.29 is 32.6 Å². The second kappa shape index (κ2) is 9.09. The summed E-state index contributed by atoms with van der Waals surface area (Å²) in [5, 5.41) is 20.8. The van der Waals surface area contributed by atoms with Gasteiger partial charge in [0.2, 0.25) is 0 Å². The molecule has 3 N–H and O–H groups in total. The van der Waals surface area contributed by atoms with Crippen molar-refractivity contribution in [2.24, 2.45) is 0 Å². The van der Waals surface area contributed by atoms with Gasteiger partial charge in [-0.2, -0.15) is 23.4 Å². The van der Waals surface area contributed by atoms with Gasteiger partial charge >= 0.3 is 12.1 Å². The van der Waals surface area contributed by atoms with Crippen LogP contribution in [0.3, 0.4) is 0 Å². The number of nitrogens with one attached hydrogen (secondary N) is 2. The Balaban J connectivity index is 0.000000321. The highest BCUT2D eigenvalue weighted by atomic mass is 19.4. The number of hydrogen-bond acceptors (Lipinski definition) is 6. The number of carbonyl (C=O) groups excluding carboxylic acids is 1. The van der Waals surface area contributed by atoms with Gasteiger partial charge in [0.1, 0.15) is 0 Å². The lowest BCUT2D eigenvalue weighted by atomic mass is 9.90. The van der Waals surface area contributed by atoms with Crippen molar-refractivity contribution in [3.8, 4) is 0 Å². The standard InChI is InChI=1S/C14H20N4O2.C2HF3O2/c19-13(11-3-6-17-18-8-11)16-9-12-2-1-4-14(20-12)5-7-15-10-14;3-2(4,5)1(6)7/h3,6,8,12,15H,1-2,4-5,7,9-10H2,(H,16,19);(H,6,7)/t12-,14+;/m0./s1. The SMILES string of the molecule is O=C(NC[C@@H]1CCC[C@]2(CCNC2)O1)c1ccnnc1.O=C(O)C(F)(F)F. The molecule has 3 heterocycles. The van der Waals surface area contributed by atoms with E-state index in [1.54, 1.807) is 6.07 Å². The van der Waals surface area contributed by atoms with Crippen molar-refractivity contribution in [1.82, 2.24) is 20.8 Å². The van der Waals surface area contributed by atoms with E-state index in [4.69, 9.17) is 14.6 Å². The number of hydrogen-bond donors (Lipinski definition) is 3. The van der Waals surface area contributed by atoms with Crippen molar-refractivity contribution in [1.29, 1.82) is 0 Å². The van der Waals surface area contributed by atoms with Crippen molar-refractivity contribution in [2.45, 2.75) is 43.6 Å². The fraction of sp³-hybridized carbons (Fsp3) is 0.625. The van der Waals surface area contributed by atoms with Crippen LogP contribution in [-0.4, -0.2) is 64.7 Å². The van der Waals surface area contributed by atoms with Gasteiger partial charge in [0.15, 0.2) is 0 Å². The van der Waals surface area contributed by atoms with E-state index >= 15 is 0 Å². The maximum absolute atomic E-state index is 12.0. The number of rotatable bonds is 3. The molecule has 1 spiro atoms. The Hall–Kier alpha value is -2.27. The second-order valence-electron chi connectivity index (χ2n) is 6.39. The van der Waals surface area contributed by atoms with Crippen molar-refractivity contribution in [3.05, 3.63) is 24.0 Å². The Bertz CT molecular complexity index is 636. The summed E-state index contributed by atoms with van der Waals surface area (Å²) >= 11 is 0. The van der Waals surface area contributed by atoms with Crippen LogP contribution >= 0.6 is 0 Å². The fourth-order valence-corrected chi connectivity index (χ4v) is 3.04. The molecule has 0 unspecified atom stereocenters. The molecule has 1 amide bonds. The van der Waals surface area contributed by atoms with E-state index in [2.05, 4.69) is 20.8 Å². The number of nitrogens with zero attached hydrogens (tertiary/aromatic N) is 2. The number of carboxylic acids is 1. The predicted molar refractivity (Wildman–Crippen MR) is 87.0 cm³/mol. The van der Waals surface area contributed by atoms with Crippen LogP contribution in [0, 0.1) is 0 Å². The van der Waals surface area contributed by atoms with Gasteiger partial charge in [0, 0.05) is 13.1 Å². The lowest BCUT2D eigenvalue weighted by Gasteiger charge is -2.38. The van der Waals surface area contributed by atoms with Gasteiger partial charge < -0.3 is 20.5 Å². The van der Waals surface area contributed by atoms with Crippen LogP contribution in [-0.2, 0) is 9.53 Å². The van der Waals surface area contributed by atoms with Gasteiger partial charge in [-0.05, 0) is 38.3 Å². The minimum absolute atomic E-state index is 0.00582. The highest BCUT2D eigenvalue weighted by Crippen LogP contribution is 2.33. The van der Waals surface area contributed by atoms with Gasteiger partial charge in [-0.1, -0.05) is 0 Å². The summed E-state index contributed by atoms with van der Waals surface area (Å²) in [6, 6.07) is 1.66. The molecule has 2 aliphatic rings. The van der Waals surface area contributed by atoms with Crippen LogP contribution in [0.25, 0.3) is 0 Å². The molecule has 2 saturated heterocycles. The maximum Gasteiger partial charge on any atom is 0.490 e. The molecule has 150 valence electrons. The Morgan fingerprint density at radius 3 is 2.67 bits per heavy atom. The van der Waals surface area contributed by atoms with Crippen LogP contribution in [0.1, 0.15) is 36.0 Å². The molecule has 0 aromatic carbocycles. The molecule has 27 heavy (non-hydrogen) atoms. The third kappa shape index (κ3) is 6.43. The summed E-state index contributed by atoms with van der Waals surface area (Å²) in [4.78, 5) is 20.8. The molecule has 0 radical (unpaired) electrons. The highest BCUT2D eigenvalue weighted by Gasteiger charge is 2.39. The smallest absolute Gasteiger partial charge is 0.475 e. The first-order chi connectivity index (χ1) is 12.7. The summed E-state index contributed by atoms with van der Waals surface area (Å²) in [6.45, 7) is 2.52. The number of aliphatic carboxylic acids is 1. The van der Waals surface area contributed by atoms with Gasteiger partial charge in [-0.3, -0.25) is 4.79 Å². The van der Waals surface area contributed by atoms with E-state index in [0.717, 1.165) is 32.4 Å². The fourth-order valence-electron chi connectivity index (χ4n) is 3.04. The molecule has 2 aliphatic heterocycles. The van der Waals surface area contributed by atoms with Crippen LogP contribution in [0.4, 0.5) is 13.2 Å². The van der Waals surface area contributed by atoms with Crippen LogP contribution in [0.5, 0.6) is 0 Å². The summed E-state index contributed by atoms with van der Waals surface area (Å²) in [6.07, 6.45) is 2.40. The second-order valence-corrected chi connectivity index (χ2v) is 6.39. The van der Waals surface area contributed by atoms with Gasteiger partial charge in [0.05, 0.1) is 29.7 Å². The number of carbonyl (C=O) groups is 2. The number of alkyl halides is 3. The zero-order valence-electron chi connectivity index (χ0n) is 14.5. The Labute approximate surface area is 153 Å². The number of halogens is 3. The first kappa shape index (κ1) is 21.0. The average Bonchev–Trinajstić information content (AvgIpc) is 3.07. The molecule has 8 nitrogen and oxygen atoms in total. The quantitative estimate of drug-likeness (QED) is 0.709. The molecule has 2 fully saturated rings. The highest BCUT2D eigenvalue weighted by molar-refractivity contribution is 5.93. The van der Waals surface area contributed by atoms with Crippen LogP contribution in [0.15, 0.2) is 18.5 Å². The minimum Gasteiger partial charge on any atom is -0.475 e. The molecule has 0 aliphatic carbocycles. The zero-order valence-corrected chi connectivity index (χ0v) is 14.5. The summed E-state index contributed by atoms with van der Waals surface area (Å²) in [5.41, 5.74) is 0.541. The van der Waals surface area contributed by atoms with Gasteiger partial charge in [-0.25, -0.2) is 4.79 Å². The molecule has 2 atom stereocenters. The number of amides is 1. The summed E-state index contributed by atoms with van der Waals surface area (Å²) in [5.74, 6) is -2.87. The molecule has 3 rings (SSSR count).